The summed E-state index contributed by atoms with van der Waals surface area (Å²) in [7, 11) is 3.13. The number of ether oxygens (including phenoxy) is 2. The number of ketones is 1. The quantitative estimate of drug-likeness (QED) is 0.680. The Morgan fingerprint density at radius 1 is 1.00 bits per heavy atom. The van der Waals surface area contributed by atoms with E-state index in [0.29, 0.717) is 17.1 Å². The van der Waals surface area contributed by atoms with Crippen molar-refractivity contribution < 1.29 is 14.3 Å². The molecular formula is C19H17NO3. The third-order valence-corrected chi connectivity index (χ3v) is 3.76. The van der Waals surface area contributed by atoms with Crippen molar-refractivity contribution in [2.75, 3.05) is 14.2 Å². The first-order valence-corrected chi connectivity index (χ1v) is 7.27. The maximum Gasteiger partial charge on any atom is 0.170 e. The summed E-state index contributed by atoms with van der Waals surface area (Å²) in [6, 6.07) is 15.3. The molecule has 0 saturated heterocycles. The van der Waals surface area contributed by atoms with Gasteiger partial charge in [0.25, 0.3) is 0 Å². The molecule has 0 bridgehead atoms. The molecule has 0 saturated carbocycles. The highest BCUT2D eigenvalue weighted by Gasteiger charge is 2.17. The van der Waals surface area contributed by atoms with E-state index in [0.717, 1.165) is 22.2 Å². The lowest BCUT2D eigenvalue weighted by Crippen LogP contribution is -2.00. The zero-order chi connectivity index (χ0) is 16.4. The standard InChI is InChI=1S/C19H17NO3/c1-12(21)14-10-15(19(23-3)18(11-14)22-2)17-9-8-13-6-4-5-7-16(13)20-17/h4-11H,1-3H3. The van der Waals surface area contributed by atoms with Crippen molar-refractivity contribution in [3.63, 3.8) is 0 Å². The van der Waals surface area contributed by atoms with Gasteiger partial charge in [-0.2, -0.15) is 0 Å². The van der Waals surface area contributed by atoms with E-state index in [1.165, 1.54) is 6.92 Å². The molecule has 23 heavy (non-hydrogen) atoms. The fourth-order valence-corrected chi connectivity index (χ4v) is 2.57. The molecule has 2 aromatic carbocycles. The summed E-state index contributed by atoms with van der Waals surface area (Å²) in [5.41, 5.74) is 2.93. The molecular weight excluding hydrogens is 290 g/mol. The van der Waals surface area contributed by atoms with E-state index in [-0.39, 0.29) is 5.78 Å². The van der Waals surface area contributed by atoms with Gasteiger partial charge >= 0.3 is 0 Å². The van der Waals surface area contributed by atoms with E-state index >= 15 is 0 Å². The van der Waals surface area contributed by atoms with Crippen LogP contribution in [0.4, 0.5) is 0 Å². The maximum atomic E-state index is 11.8. The van der Waals surface area contributed by atoms with Crippen molar-refractivity contribution in [3.05, 3.63) is 54.1 Å². The molecule has 0 amide bonds. The largest absolute Gasteiger partial charge is 0.493 e. The second-order valence-corrected chi connectivity index (χ2v) is 5.20. The fourth-order valence-electron chi connectivity index (χ4n) is 2.57. The summed E-state index contributed by atoms with van der Waals surface area (Å²) in [4.78, 5) is 16.5. The number of nitrogens with zero attached hydrogens (tertiary/aromatic N) is 1. The zero-order valence-electron chi connectivity index (χ0n) is 13.3. The Morgan fingerprint density at radius 3 is 2.48 bits per heavy atom. The van der Waals surface area contributed by atoms with Gasteiger partial charge in [0.1, 0.15) is 0 Å². The maximum absolute atomic E-state index is 11.8. The number of carbonyl (C=O) groups excluding carboxylic acids is 1. The van der Waals surface area contributed by atoms with Crippen LogP contribution >= 0.6 is 0 Å². The van der Waals surface area contributed by atoms with Gasteiger partial charge in [-0.3, -0.25) is 4.79 Å². The van der Waals surface area contributed by atoms with Gasteiger partial charge in [-0.25, -0.2) is 4.98 Å². The Labute approximate surface area is 134 Å². The number of Topliss-reactive ketones (excluding diaryl/α,β-unsaturated/α-hetero) is 1. The Bertz CT molecular complexity index is 887. The predicted molar refractivity (Wildman–Crippen MR) is 90.3 cm³/mol. The van der Waals surface area contributed by atoms with Gasteiger partial charge in [-0.15, -0.1) is 0 Å². The molecule has 3 rings (SSSR count). The number of rotatable bonds is 4. The number of hydrogen-bond acceptors (Lipinski definition) is 4. The average molecular weight is 307 g/mol. The van der Waals surface area contributed by atoms with E-state index in [9.17, 15) is 4.79 Å². The second-order valence-electron chi connectivity index (χ2n) is 5.20. The van der Waals surface area contributed by atoms with Crippen molar-refractivity contribution in [3.8, 4) is 22.8 Å². The van der Waals surface area contributed by atoms with Crippen molar-refractivity contribution in [2.45, 2.75) is 6.92 Å². The minimum Gasteiger partial charge on any atom is -0.493 e. The summed E-state index contributed by atoms with van der Waals surface area (Å²) in [5.74, 6) is 1.05. The number of benzene rings is 2. The van der Waals surface area contributed by atoms with Crippen LogP contribution in [0.15, 0.2) is 48.5 Å². The van der Waals surface area contributed by atoms with Crippen LogP contribution < -0.4 is 9.47 Å². The molecule has 0 atom stereocenters. The molecule has 0 aliphatic carbocycles. The molecule has 1 aromatic heterocycles. The van der Waals surface area contributed by atoms with Crippen LogP contribution in [0.5, 0.6) is 11.5 Å². The molecule has 0 spiro atoms. The van der Waals surface area contributed by atoms with Gasteiger partial charge in [0.15, 0.2) is 17.3 Å². The SMILES string of the molecule is COc1cc(C(C)=O)cc(-c2ccc3ccccc3n2)c1OC. The number of aromatic nitrogens is 1. The summed E-state index contributed by atoms with van der Waals surface area (Å²) in [5, 5.41) is 1.06. The molecule has 4 heteroatoms. The van der Waals surface area contributed by atoms with Gasteiger partial charge in [0, 0.05) is 16.5 Å². The predicted octanol–water partition coefficient (Wildman–Crippen LogP) is 4.12. The van der Waals surface area contributed by atoms with E-state index in [1.54, 1.807) is 26.4 Å². The first kappa shape index (κ1) is 15.0. The Kier molecular flexibility index (Phi) is 3.98. The Balaban J connectivity index is 2.26. The number of carbonyl (C=O) groups is 1. The smallest absolute Gasteiger partial charge is 0.170 e. The molecule has 1 heterocycles. The van der Waals surface area contributed by atoms with Crippen LogP contribution in [-0.4, -0.2) is 25.0 Å². The van der Waals surface area contributed by atoms with Crippen molar-refractivity contribution in [1.82, 2.24) is 4.98 Å². The summed E-state index contributed by atoms with van der Waals surface area (Å²) >= 11 is 0. The molecule has 0 unspecified atom stereocenters. The highest BCUT2D eigenvalue weighted by Crippen LogP contribution is 2.39. The third-order valence-electron chi connectivity index (χ3n) is 3.76. The summed E-state index contributed by atoms with van der Waals surface area (Å²) in [6.07, 6.45) is 0. The van der Waals surface area contributed by atoms with Gasteiger partial charge in [-0.1, -0.05) is 24.3 Å². The van der Waals surface area contributed by atoms with Crippen LogP contribution in [0.1, 0.15) is 17.3 Å². The molecule has 0 aliphatic rings. The number of para-hydroxylation sites is 1. The summed E-state index contributed by atoms with van der Waals surface area (Å²) in [6.45, 7) is 1.53. The van der Waals surface area contributed by atoms with Gasteiger partial charge in [0.2, 0.25) is 0 Å². The Morgan fingerprint density at radius 2 is 1.78 bits per heavy atom. The Hall–Kier alpha value is -2.88. The molecule has 116 valence electrons. The van der Waals surface area contributed by atoms with E-state index in [4.69, 9.17) is 9.47 Å². The number of fused-ring (bicyclic) bond motifs is 1. The normalized spacial score (nSPS) is 10.6. The molecule has 0 radical (unpaired) electrons. The minimum atomic E-state index is -0.0343. The van der Waals surface area contributed by atoms with E-state index in [1.807, 2.05) is 36.4 Å². The monoisotopic (exact) mass is 307 g/mol. The molecule has 3 aromatic rings. The van der Waals surface area contributed by atoms with Crippen molar-refractivity contribution in [1.29, 1.82) is 0 Å². The lowest BCUT2D eigenvalue weighted by Gasteiger charge is -2.14. The minimum absolute atomic E-state index is 0.0343. The lowest BCUT2D eigenvalue weighted by atomic mass is 10.0. The second kappa shape index (κ2) is 6.08. The van der Waals surface area contributed by atoms with Gasteiger partial charge in [-0.05, 0) is 31.2 Å². The first-order chi connectivity index (χ1) is 11.1. The van der Waals surface area contributed by atoms with Crippen LogP contribution in [-0.2, 0) is 0 Å². The third kappa shape index (κ3) is 2.75. The van der Waals surface area contributed by atoms with E-state index < -0.39 is 0 Å². The highest BCUT2D eigenvalue weighted by molar-refractivity contribution is 5.97. The molecule has 4 nitrogen and oxygen atoms in total. The lowest BCUT2D eigenvalue weighted by molar-refractivity contribution is 0.101. The topological polar surface area (TPSA) is 48.4 Å². The average Bonchev–Trinajstić information content (AvgIpc) is 2.59. The van der Waals surface area contributed by atoms with Gasteiger partial charge < -0.3 is 9.47 Å². The highest BCUT2D eigenvalue weighted by atomic mass is 16.5. The van der Waals surface area contributed by atoms with Gasteiger partial charge in [0.05, 0.1) is 25.4 Å². The zero-order valence-corrected chi connectivity index (χ0v) is 13.3. The number of hydrogen-bond donors (Lipinski definition) is 0. The van der Waals surface area contributed by atoms with Crippen molar-refractivity contribution >= 4 is 16.7 Å². The summed E-state index contributed by atoms with van der Waals surface area (Å²) < 4.78 is 10.9. The van der Waals surface area contributed by atoms with Crippen molar-refractivity contribution in [2.24, 2.45) is 0 Å². The molecule has 0 aliphatic heterocycles. The molecule has 0 N–H and O–H groups in total. The number of methoxy groups -OCH3 is 2. The fraction of sp³-hybridized carbons (Fsp3) is 0.158. The van der Waals surface area contributed by atoms with E-state index in [2.05, 4.69) is 4.98 Å². The van der Waals surface area contributed by atoms with Crippen LogP contribution in [0.25, 0.3) is 22.2 Å². The number of pyridine rings is 1. The van der Waals surface area contributed by atoms with Crippen LogP contribution in [0.2, 0.25) is 0 Å². The van der Waals surface area contributed by atoms with Crippen LogP contribution in [0.3, 0.4) is 0 Å². The van der Waals surface area contributed by atoms with Crippen LogP contribution in [0, 0.1) is 0 Å². The molecule has 0 fully saturated rings. The first-order valence-electron chi connectivity index (χ1n) is 7.27.